The second-order valence-electron chi connectivity index (χ2n) is 3.48. The molecule has 0 aromatic heterocycles. The summed E-state index contributed by atoms with van der Waals surface area (Å²) in [5.74, 6) is 0.289. The highest BCUT2D eigenvalue weighted by Crippen LogP contribution is 2.24. The number of rotatable bonds is 4. The molecule has 1 rings (SSSR count). The lowest BCUT2D eigenvalue weighted by Gasteiger charge is -2.11. The Labute approximate surface area is 93.5 Å². The van der Waals surface area contributed by atoms with Crippen LogP contribution in [0.3, 0.4) is 0 Å². The Balaban J connectivity index is 2.55. The van der Waals surface area contributed by atoms with Crippen molar-refractivity contribution in [3.8, 4) is 5.75 Å². The second-order valence-corrected chi connectivity index (χ2v) is 4.33. The third-order valence-electron chi connectivity index (χ3n) is 2.28. The zero-order valence-corrected chi connectivity index (χ0v) is 10.1. The van der Waals surface area contributed by atoms with Gasteiger partial charge >= 0.3 is 0 Å². The van der Waals surface area contributed by atoms with E-state index in [9.17, 15) is 5.11 Å². The zero-order valence-electron chi connectivity index (χ0n) is 8.55. The first kappa shape index (κ1) is 11.5. The first-order valence-electron chi connectivity index (χ1n) is 4.84. The molecule has 0 aliphatic carbocycles. The van der Waals surface area contributed by atoms with Crippen LogP contribution in [0, 0.1) is 0 Å². The molecule has 14 heavy (non-hydrogen) atoms. The number of phenolic OH excluding ortho intramolecular Hbond substituents is 1. The number of halogens is 1. The molecule has 0 aliphatic rings. The van der Waals surface area contributed by atoms with Crippen LogP contribution in [-0.2, 0) is 6.54 Å². The molecule has 0 bridgehead atoms. The Morgan fingerprint density at radius 3 is 2.79 bits per heavy atom. The molecule has 1 aromatic rings. The second kappa shape index (κ2) is 5.37. The SMILES string of the molecule is CCC(C)NCc1ccc(O)c(Br)c1. The van der Waals surface area contributed by atoms with Gasteiger partial charge in [-0.25, -0.2) is 0 Å². The molecule has 0 saturated heterocycles. The Bertz CT molecular complexity index is 301. The van der Waals surface area contributed by atoms with E-state index >= 15 is 0 Å². The van der Waals surface area contributed by atoms with Gasteiger partial charge in [0.2, 0.25) is 0 Å². The number of hydrogen-bond donors (Lipinski definition) is 2. The molecule has 2 nitrogen and oxygen atoms in total. The quantitative estimate of drug-likeness (QED) is 0.870. The molecule has 0 saturated carbocycles. The van der Waals surface area contributed by atoms with Crippen LogP contribution < -0.4 is 5.32 Å². The molecule has 0 aliphatic heterocycles. The Hall–Kier alpha value is -0.540. The third kappa shape index (κ3) is 3.31. The summed E-state index contributed by atoms with van der Waals surface area (Å²) in [4.78, 5) is 0. The molecule has 0 radical (unpaired) electrons. The van der Waals surface area contributed by atoms with E-state index < -0.39 is 0 Å². The normalized spacial score (nSPS) is 12.8. The molecule has 78 valence electrons. The molecule has 0 fully saturated rings. The van der Waals surface area contributed by atoms with Crippen molar-refractivity contribution in [1.82, 2.24) is 5.32 Å². The molecule has 0 amide bonds. The first-order chi connectivity index (χ1) is 6.63. The van der Waals surface area contributed by atoms with E-state index in [1.54, 1.807) is 6.07 Å². The minimum Gasteiger partial charge on any atom is -0.507 e. The van der Waals surface area contributed by atoms with Gasteiger partial charge in [0.15, 0.2) is 0 Å². The van der Waals surface area contributed by atoms with Crippen molar-refractivity contribution >= 4 is 15.9 Å². The summed E-state index contributed by atoms with van der Waals surface area (Å²) >= 11 is 3.29. The lowest BCUT2D eigenvalue weighted by molar-refractivity contribution is 0.471. The summed E-state index contributed by atoms with van der Waals surface area (Å²) in [6, 6.07) is 6.10. The fraction of sp³-hybridized carbons (Fsp3) is 0.455. The smallest absolute Gasteiger partial charge is 0.129 e. The van der Waals surface area contributed by atoms with Gasteiger partial charge in [-0.2, -0.15) is 0 Å². The van der Waals surface area contributed by atoms with E-state index in [0.29, 0.717) is 6.04 Å². The highest BCUT2D eigenvalue weighted by atomic mass is 79.9. The van der Waals surface area contributed by atoms with Crippen LogP contribution in [0.15, 0.2) is 22.7 Å². The van der Waals surface area contributed by atoms with Crippen molar-refractivity contribution in [3.63, 3.8) is 0 Å². The van der Waals surface area contributed by atoms with Crippen LogP contribution in [0.4, 0.5) is 0 Å². The average molecular weight is 258 g/mol. The summed E-state index contributed by atoms with van der Waals surface area (Å²) in [5.41, 5.74) is 1.18. The van der Waals surface area contributed by atoms with Gasteiger partial charge in [0.1, 0.15) is 5.75 Å². The molecule has 2 N–H and O–H groups in total. The van der Waals surface area contributed by atoms with E-state index in [4.69, 9.17) is 0 Å². The number of nitrogens with one attached hydrogen (secondary N) is 1. The Morgan fingerprint density at radius 2 is 2.21 bits per heavy atom. The third-order valence-corrected chi connectivity index (χ3v) is 2.91. The van der Waals surface area contributed by atoms with Gasteiger partial charge < -0.3 is 10.4 Å². The molecule has 1 atom stereocenters. The van der Waals surface area contributed by atoms with Gasteiger partial charge in [0.05, 0.1) is 4.47 Å². The van der Waals surface area contributed by atoms with Crippen LogP contribution >= 0.6 is 15.9 Å². The van der Waals surface area contributed by atoms with Crippen LogP contribution in [0.1, 0.15) is 25.8 Å². The summed E-state index contributed by atoms with van der Waals surface area (Å²) in [7, 11) is 0. The topological polar surface area (TPSA) is 32.3 Å². The van der Waals surface area contributed by atoms with Crippen molar-refractivity contribution in [2.75, 3.05) is 0 Å². The van der Waals surface area contributed by atoms with Gasteiger partial charge in [-0.3, -0.25) is 0 Å². The minimum atomic E-state index is 0.289. The summed E-state index contributed by atoms with van der Waals surface area (Å²) < 4.78 is 0.751. The number of aromatic hydroxyl groups is 1. The van der Waals surface area contributed by atoms with Crippen molar-refractivity contribution in [3.05, 3.63) is 28.2 Å². The van der Waals surface area contributed by atoms with Crippen LogP contribution in [0.5, 0.6) is 5.75 Å². The highest BCUT2D eigenvalue weighted by molar-refractivity contribution is 9.10. The number of hydrogen-bond acceptors (Lipinski definition) is 2. The van der Waals surface area contributed by atoms with Gasteiger partial charge in [0, 0.05) is 12.6 Å². The van der Waals surface area contributed by atoms with Gasteiger partial charge in [-0.1, -0.05) is 13.0 Å². The predicted molar refractivity (Wildman–Crippen MR) is 62.4 cm³/mol. The van der Waals surface area contributed by atoms with Crippen molar-refractivity contribution < 1.29 is 5.11 Å². The Morgan fingerprint density at radius 1 is 1.50 bits per heavy atom. The van der Waals surface area contributed by atoms with Crippen LogP contribution in [-0.4, -0.2) is 11.1 Å². The fourth-order valence-corrected chi connectivity index (χ4v) is 1.52. The molecule has 0 spiro atoms. The van der Waals surface area contributed by atoms with Gasteiger partial charge in [-0.15, -0.1) is 0 Å². The standard InChI is InChI=1S/C11H16BrNO/c1-3-8(2)13-7-9-4-5-11(14)10(12)6-9/h4-6,8,13-14H,3,7H2,1-2H3. The summed E-state index contributed by atoms with van der Waals surface area (Å²) in [6.45, 7) is 5.16. The minimum absolute atomic E-state index is 0.289. The molecule has 3 heteroatoms. The lowest BCUT2D eigenvalue weighted by Crippen LogP contribution is -2.24. The van der Waals surface area contributed by atoms with Gasteiger partial charge in [-0.05, 0) is 47.0 Å². The van der Waals surface area contributed by atoms with E-state index in [1.807, 2.05) is 12.1 Å². The predicted octanol–water partition coefficient (Wildman–Crippen LogP) is 3.04. The molecule has 1 unspecified atom stereocenters. The fourth-order valence-electron chi connectivity index (χ4n) is 1.10. The highest BCUT2D eigenvalue weighted by Gasteiger charge is 2.01. The maximum atomic E-state index is 9.30. The monoisotopic (exact) mass is 257 g/mol. The van der Waals surface area contributed by atoms with E-state index in [2.05, 4.69) is 35.1 Å². The summed E-state index contributed by atoms with van der Waals surface area (Å²) in [6.07, 6.45) is 1.12. The molecular weight excluding hydrogens is 242 g/mol. The van der Waals surface area contributed by atoms with Crippen LogP contribution in [0.25, 0.3) is 0 Å². The lowest BCUT2D eigenvalue weighted by atomic mass is 10.2. The van der Waals surface area contributed by atoms with Crippen molar-refractivity contribution in [1.29, 1.82) is 0 Å². The van der Waals surface area contributed by atoms with E-state index in [0.717, 1.165) is 17.4 Å². The van der Waals surface area contributed by atoms with Gasteiger partial charge in [0.25, 0.3) is 0 Å². The largest absolute Gasteiger partial charge is 0.507 e. The first-order valence-corrected chi connectivity index (χ1v) is 5.63. The maximum Gasteiger partial charge on any atom is 0.129 e. The van der Waals surface area contributed by atoms with Crippen molar-refractivity contribution in [2.45, 2.75) is 32.9 Å². The van der Waals surface area contributed by atoms with Crippen molar-refractivity contribution in [2.24, 2.45) is 0 Å². The molecule has 1 aromatic carbocycles. The van der Waals surface area contributed by atoms with Crippen LogP contribution in [0.2, 0.25) is 0 Å². The average Bonchev–Trinajstić information content (AvgIpc) is 2.19. The van der Waals surface area contributed by atoms with E-state index in [-0.39, 0.29) is 5.75 Å². The van der Waals surface area contributed by atoms with E-state index in [1.165, 1.54) is 5.56 Å². The number of phenols is 1. The Kier molecular flexibility index (Phi) is 4.42. The molecular formula is C11H16BrNO. The zero-order chi connectivity index (χ0) is 10.6. The summed E-state index contributed by atoms with van der Waals surface area (Å²) in [5, 5.41) is 12.7. The molecule has 0 heterocycles. The number of benzene rings is 1. The maximum absolute atomic E-state index is 9.30.